The number of carbonyl (C=O) groups is 3. The largest absolute Gasteiger partial charge is 0.508 e. The molecule has 7 N–H and O–H groups in total. The van der Waals surface area contributed by atoms with Crippen molar-refractivity contribution < 1.29 is 34.8 Å². The van der Waals surface area contributed by atoms with Crippen LogP contribution in [0.3, 0.4) is 0 Å². The van der Waals surface area contributed by atoms with Gasteiger partial charge in [0.2, 0.25) is 5.78 Å². The number of nitrogens with two attached hydrogens (primary N) is 1. The highest BCUT2D eigenvalue weighted by Gasteiger charge is 2.60. The van der Waals surface area contributed by atoms with Gasteiger partial charge in [-0.15, -0.1) is 0 Å². The second-order valence-electron chi connectivity index (χ2n) is 11.2. The van der Waals surface area contributed by atoms with Gasteiger partial charge in [0.05, 0.1) is 5.56 Å². The van der Waals surface area contributed by atoms with Crippen molar-refractivity contribution >= 4 is 28.9 Å². The maximum Gasteiger partial charge on any atom is 0.255 e. The van der Waals surface area contributed by atoms with Crippen molar-refractivity contribution in [3.05, 3.63) is 39.7 Å². The van der Waals surface area contributed by atoms with E-state index < -0.39 is 52.0 Å². The Morgan fingerprint density at radius 1 is 1.19 bits per heavy atom. The van der Waals surface area contributed by atoms with Crippen molar-refractivity contribution in [3.8, 4) is 5.75 Å². The van der Waals surface area contributed by atoms with Gasteiger partial charge in [0.1, 0.15) is 22.8 Å². The van der Waals surface area contributed by atoms with Gasteiger partial charge in [0.25, 0.3) is 5.91 Å². The first kappa shape index (κ1) is 25.7. The Morgan fingerprint density at radius 2 is 1.83 bits per heavy atom. The van der Waals surface area contributed by atoms with E-state index in [4.69, 9.17) is 5.73 Å². The molecule has 1 amide bonds. The van der Waals surface area contributed by atoms with Gasteiger partial charge in [-0.3, -0.25) is 14.4 Å². The quantitative estimate of drug-likeness (QED) is 0.335. The molecule has 10 nitrogen and oxygen atoms in total. The second-order valence-corrected chi connectivity index (χ2v) is 11.2. The van der Waals surface area contributed by atoms with Crippen molar-refractivity contribution in [2.75, 3.05) is 19.0 Å². The molecule has 1 aromatic carbocycles. The maximum atomic E-state index is 13.7. The molecule has 36 heavy (non-hydrogen) atoms. The molecule has 3 aliphatic rings. The van der Waals surface area contributed by atoms with Gasteiger partial charge in [-0.05, 0) is 51.2 Å². The highest BCUT2D eigenvalue weighted by atomic mass is 16.3. The van der Waals surface area contributed by atoms with Crippen LogP contribution in [0, 0.1) is 11.8 Å². The average molecular weight is 500 g/mol. The zero-order valence-electron chi connectivity index (χ0n) is 21.1. The van der Waals surface area contributed by atoms with Crippen LogP contribution < -0.4 is 16.0 Å². The molecule has 1 saturated carbocycles. The van der Waals surface area contributed by atoms with E-state index in [9.17, 15) is 34.8 Å². The van der Waals surface area contributed by atoms with Crippen LogP contribution in [0.2, 0.25) is 0 Å². The summed E-state index contributed by atoms with van der Waals surface area (Å²) in [7, 11) is 3.67. The Morgan fingerprint density at radius 3 is 2.39 bits per heavy atom. The van der Waals surface area contributed by atoms with Crippen molar-refractivity contribution in [2.45, 2.75) is 57.7 Å². The lowest BCUT2D eigenvalue weighted by molar-refractivity contribution is -0.147. The number of phenolic OH excluding ortho intramolecular Hbond substituents is 1. The number of amides is 1. The standard InChI is InChI=1S/C26H33N3O7/c1-25(2,3)28-10-12-8-15(29(4)5)14-7-11-6-13-9-16(30)19(24(27)35)23(34)26(13,36)22(33)17(11)21(32)18(14)20(12)31/h8,11,13,28,31-32,34,36H,6-7,9-10H2,1-5H3,(H2,27,35). The number of fused-ring (bicyclic) bond motifs is 3. The number of aliphatic hydroxyl groups is 3. The van der Waals surface area contributed by atoms with E-state index in [2.05, 4.69) is 5.32 Å². The maximum absolute atomic E-state index is 13.7. The molecule has 4 rings (SSSR count). The molecule has 0 spiro atoms. The molecule has 0 heterocycles. The third kappa shape index (κ3) is 3.75. The SMILES string of the molecule is CN(C)c1cc(CNC(C)(C)C)c(O)c2c1CC1CC3CC(=O)C(C(N)=O)=C(O)C3(O)C(=O)C1=C2O. The van der Waals surface area contributed by atoms with Crippen LogP contribution in [-0.2, 0) is 27.3 Å². The number of aliphatic hydroxyl groups excluding tert-OH is 2. The summed E-state index contributed by atoms with van der Waals surface area (Å²) in [5.74, 6) is -6.28. The van der Waals surface area contributed by atoms with Crippen LogP contribution in [0.15, 0.2) is 23.0 Å². The molecule has 3 unspecified atom stereocenters. The third-order valence-electron chi connectivity index (χ3n) is 7.41. The predicted octanol–water partition coefficient (Wildman–Crippen LogP) is 1.38. The molecule has 3 aliphatic carbocycles. The Hall–Kier alpha value is -3.37. The van der Waals surface area contributed by atoms with Gasteiger partial charge in [0, 0.05) is 55.3 Å². The number of rotatable bonds is 4. The number of carbonyl (C=O) groups excluding carboxylic acids is 3. The van der Waals surface area contributed by atoms with Crippen LogP contribution in [0.1, 0.15) is 50.3 Å². The highest BCUT2D eigenvalue weighted by Crippen LogP contribution is 2.53. The Bertz CT molecular complexity index is 1250. The summed E-state index contributed by atoms with van der Waals surface area (Å²) in [6.07, 6.45) is 0.0253. The zero-order valence-corrected chi connectivity index (χ0v) is 21.1. The molecule has 10 heteroatoms. The summed E-state index contributed by atoms with van der Waals surface area (Å²) in [4.78, 5) is 39.8. The Kier molecular flexibility index (Phi) is 5.96. The molecule has 0 aliphatic heterocycles. The van der Waals surface area contributed by atoms with Gasteiger partial charge in [-0.1, -0.05) is 0 Å². The van der Waals surface area contributed by atoms with Crippen LogP contribution in [0.5, 0.6) is 5.75 Å². The number of anilines is 1. The van der Waals surface area contributed by atoms with E-state index in [1.54, 1.807) is 0 Å². The molecule has 0 radical (unpaired) electrons. The molecule has 3 atom stereocenters. The minimum atomic E-state index is -2.57. The monoisotopic (exact) mass is 499 g/mol. The van der Waals surface area contributed by atoms with E-state index in [-0.39, 0.29) is 41.7 Å². The van der Waals surface area contributed by atoms with E-state index in [0.29, 0.717) is 17.7 Å². The topological polar surface area (TPSA) is 173 Å². The van der Waals surface area contributed by atoms with E-state index in [1.165, 1.54) is 0 Å². The van der Waals surface area contributed by atoms with Gasteiger partial charge in [-0.25, -0.2) is 0 Å². The van der Waals surface area contributed by atoms with Crippen molar-refractivity contribution in [1.82, 2.24) is 5.32 Å². The number of aromatic hydroxyl groups is 1. The number of Topliss-reactive ketones (excluding diaryl/α,β-unsaturated/α-hetero) is 2. The fraction of sp³-hybridized carbons (Fsp3) is 0.500. The van der Waals surface area contributed by atoms with Gasteiger partial charge < -0.3 is 36.4 Å². The van der Waals surface area contributed by atoms with Crippen molar-refractivity contribution in [3.63, 3.8) is 0 Å². The number of nitrogens with one attached hydrogen (secondary N) is 1. The summed E-state index contributed by atoms with van der Waals surface area (Å²) in [6, 6.07) is 1.84. The first-order valence-corrected chi connectivity index (χ1v) is 11.9. The minimum Gasteiger partial charge on any atom is -0.508 e. The summed E-state index contributed by atoms with van der Waals surface area (Å²) >= 11 is 0. The lowest BCUT2D eigenvalue weighted by Crippen LogP contribution is -2.58. The number of hydrogen-bond acceptors (Lipinski definition) is 9. The number of primary amides is 1. The molecule has 1 fully saturated rings. The third-order valence-corrected chi connectivity index (χ3v) is 7.41. The fourth-order valence-electron chi connectivity index (χ4n) is 5.62. The second kappa shape index (κ2) is 8.35. The first-order valence-electron chi connectivity index (χ1n) is 11.9. The van der Waals surface area contributed by atoms with Gasteiger partial charge in [0.15, 0.2) is 11.4 Å². The van der Waals surface area contributed by atoms with E-state index >= 15 is 0 Å². The van der Waals surface area contributed by atoms with E-state index in [0.717, 1.165) is 5.69 Å². The van der Waals surface area contributed by atoms with Gasteiger partial charge in [-0.2, -0.15) is 0 Å². The number of benzene rings is 1. The van der Waals surface area contributed by atoms with E-state index in [1.807, 2.05) is 45.8 Å². The first-order chi connectivity index (χ1) is 16.6. The fourth-order valence-corrected chi connectivity index (χ4v) is 5.62. The lowest BCUT2D eigenvalue weighted by atomic mass is 9.59. The lowest BCUT2D eigenvalue weighted by Gasteiger charge is -2.46. The Labute approximate surface area is 209 Å². The molecule has 194 valence electrons. The van der Waals surface area contributed by atoms with Crippen molar-refractivity contribution in [1.29, 1.82) is 0 Å². The summed E-state index contributed by atoms with van der Waals surface area (Å²) in [5, 5.41) is 47.9. The average Bonchev–Trinajstić information content (AvgIpc) is 2.74. The van der Waals surface area contributed by atoms with Crippen LogP contribution in [0.4, 0.5) is 5.69 Å². The zero-order chi connectivity index (χ0) is 26.9. The molecule has 0 aromatic heterocycles. The number of hydrogen-bond donors (Lipinski definition) is 6. The molecular weight excluding hydrogens is 466 g/mol. The van der Waals surface area contributed by atoms with Crippen molar-refractivity contribution in [2.24, 2.45) is 17.6 Å². The smallest absolute Gasteiger partial charge is 0.255 e. The van der Waals surface area contributed by atoms with Crippen LogP contribution >= 0.6 is 0 Å². The molecule has 0 saturated heterocycles. The Balaban J connectivity index is 1.91. The molecular formula is C26H33N3O7. The number of nitrogens with zero attached hydrogens (tertiary/aromatic N) is 1. The highest BCUT2D eigenvalue weighted by molar-refractivity contribution is 6.22. The van der Waals surface area contributed by atoms with Gasteiger partial charge >= 0.3 is 0 Å². The van der Waals surface area contributed by atoms with Crippen LogP contribution in [-0.4, -0.2) is 63.1 Å². The van der Waals surface area contributed by atoms with Crippen LogP contribution in [0.25, 0.3) is 5.76 Å². The summed E-state index contributed by atoms with van der Waals surface area (Å²) in [5.41, 5.74) is 3.48. The predicted molar refractivity (Wildman–Crippen MR) is 132 cm³/mol. The normalized spacial score (nSPS) is 25.9. The number of ketones is 2. The molecule has 1 aromatic rings. The summed E-state index contributed by atoms with van der Waals surface area (Å²) < 4.78 is 0. The number of phenols is 1. The summed E-state index contributed by atoms with van der Waals surface area (Å²) in [6.45, 7) is 6.23. The minimum absolute atomic E-state index is 0.0963. The molecule has 0 bridgehead atoms.